The number of carbonyl (C=O) groups is 1. The van der Waals surface area contributed by atoms with Gasteiger partial charge in [-0.2, -0.15) is 0 Å². The third-order valence-corrected chi connectivity index (χ3v) is 4.21. The van der Waals surface area contributed by atoms with Crippen LogP contribution in [0.4, 0.5) is 0 Å². The first kappa shape index (κ1) is 12.8. The van der Waals surface area contributed by atoms with E-state index in [1.165, 1.54) is 0 Å². The van der Waals surface area contributed by atoms with Crippen molar-refractivity contribution in [3.8, 4) is 5.75 Å². The first-order chi connectivity index (χ1) is 10.8. The largest absolute Gasteiger partial charge is 0.425 e. The molecule has 0 saturated carbocycles. The zero-order valence-corrected chi connectivity index (χ0v) is 11.9. The highest BCUT2D eigenvalue weighted by Gasteiger charge is 2.51. The Morgan fingerprint density at radius 3 is 1.73 bits per heavy atom. The van der Waals surface area contributed by atoms with E-state index in [2.05, 4.69) is 0 Å². The molecule has 0 saturated heterocycles. The van der Waals surface area contributed by atoms with Gasteiger partial charge in [0.1, 0.15) is 11.2 Å². The van der Waals surface area contributed by atoms with Crippen LogP contribution >= 0.6 is 0 Å². The van der Waals surface area contributed by atoms with Crippen molar-refractivity contribution in [1.82, 2.24) is 0 Å². The Bertz CT molecular complexity index is 783. The molecule has 1 aliphatic rings. The Kier molecular flexibility index (Phi) is 2.83. The molecule has 1 heterocycles. The van der Waals surface area contributed by atoms with Crippen LogP contribution in [0.25, 0.3) is 0 Å². The Hall–Kier alpha value is -2.87. The number of hydrogen-bond acceptors (Lipinski definition) is 2. The molecule has 0 atom stereocenters. The van der Waals surface area contributed by atoms with Crippen LogP contribution in [0.5, 0.6) is 5.75 Å². The Labute approximate surface area is 129 Å². The maximum atomic E-state index is 12.9. The van der Waals surface area contributed by atoms with Crippen molar-refractivity contribution in [3.05, 3.63) is 102 Å². The van der Waals surface area contributed by atoms with Crippen LogP contribution < -0.4 is 4.74 Å². The summed E-state index contributed by atoms with van der Waals surface area (Å²) in [5.74, 6) is 0.395. The summed E-state index contributed by atoms with van der Waals surface area (Å²) in [6.07, 6.45) is 0. The summed E-state index contributed by atoms with van der Waals surface area (Å²) in [4.78, 5) is 12.9. The normalized spacial score (nSPS) is 15.2. The van der Waals surface area contributed by atoms with E-state index in [1.54, 1.807) is 0 Å². The summed E-state index contributed by atoms with van der Waals surface area (Å²) in [6.45, 7) is 0. The summed E-state index contributed by atoms with van der Waals surface area (Å²) < 4.78 is 5.59. The Morgan fingerprint density at radius 2 is 1.14 bits per heavy atom. The SMILES string of the molecule is O=C1Oc2ccccc2C1(c1ccccc1)c1ccccc1. The Balaban J connectivity index is 2.09. The van der Waals surface area contributed by atoms with Gasteiger partial charge in [0.15, 0.2) is 0 Å². The van der Waals surface area contributed by atoms with Crippen molar-refractivity contribution in [1.29, 1.82) is 0 Å². The molecule has 22 heavy (non-hydrogen) atoms. The number of esters is 1. The van der Waals surface area contributed by atoms with Gasteiger partial charge in [-0.15, -0.1) is 0 Å². The molecule has 0 aromatic heterocycles. The van der Waals surface area contributed by atoms with Gasteiger partial charge in [0.05, 0.1) is 0 Å². The van der Waals surface area contributed by atoms with Crippen LogP contribution in [0.2, 0.25) is 0 Å². The summed E-state index contributed by atoms with van der Waals surface area (Å²) in [5, 5.41) is 0. The van der Waals surface area contributed by atoms with Crippen LogP contribution in [0.15, 0.2) is 84.9 Å². The first-order valence-electron chi connectivity index (χ1n) is 7.26. The van der Waals surface area contributed by atoms with Crippen molar-refractivity contribution >= 4 is 5.97 Å². The fourth-order valence-corrected chi connectivity index (χ4v) is 3.24. The lowest BCUT2D eigenvalue weighted by Crippen LogP contribution is -2.36. The van der Waals surface area contributed by atoms with Gasteiger partial charge in [-0.3, -0.25) is 0 Å². The summed E-state index contributed by atoms with van der Waals surface area (Å²) >= 11 is 0. The molecule has 2 nitrogen and oxygen atoms in total. The smallest absolute Gasteiger partial charge is 0.331 e. The van der Waals surface area contributed by atoms with Crippen molar-refractivity contribution < 1.29 is 9.53 Å². The minimum Gasteiger partial charge on any atom is -0.425 e. The summed E-state index contributed by atoms with van der Waals surface area (Å²) in [5.41, 5.74) is 1.86. The van der Waals surface area contributed by atoms with Gasteiger partial charge < -0.3 is 4.74 Å². The fourth-order valence-electron chi connectivity index (χ4n) is 3.24. The molecule has 0 unspecified atom stereocenters. The van der Waals surface area contributed by atoms with Crippen LogP contribution in [0.3, 0.4) is 0 Å². The molecule has 2 heteroatoms. The van der Waals surface area contributed by atoms with E-state index < -0.39 is 5.41 Å². The minimum atomic E-state index is -0.890. The van der Waals surface area contributed by atoms with Crippen molar-refractivity contribution in [2.24, 2.45) is 0 Å². The minimum absolute atomic E-state index is 0.244. The molecule has 0 spiro atoms. The number of hydrogen-bond donors (Lipinski definition) is 0. The Morgan fingerprint density at radius 1 is 0.636 bits per heavy atom. The number of benzene rings is 3. The lowest BCUT2D eigenvalue weighted by atomic mass is 9.70. The third-order valence-electron chi connectivity index (χ3n) is 4.21. The molecule has 0 bridgehead atoms. The molecular formula is C20H14O2. The van der Waals surface area contributed by atoms with E-state index in [-0.39, 0.29) is 5.97 Å². The molecule has 3 aromatic carbocycles. The molecule has 1 aliphatic heterocycles. The second kappa shape index (κ2) is 4.85. The van der Waals surface area contributed by atoms with Crippen LogP contribution in [0.1, 0.15) is 16.7 Å². The topological polar surface area (TPSA) is 26.3 Å². The van der Waals surface area contributed by atoms with Gasteiger partial charge in [0.2, 0.25) is 0 Å². The molecule has 0 fully saturated rings. The van der Waals surface area contributed by atoms with E-state index in [0.717, 1.165) is 16.7 Å². The molecule has 0 N–H and O–H groups in total. The standard InChI is InChI=1S/C20H14O2/c21-19-20(15-9-3-1-4-10-15,16-11-5-2-6-12-16)17-13-7-8-14-18(17)22-19/h1-14H. The van der Waals surface area contributed by atoms with Gasteiger partial charge in [-0.25, -0.2) is 4.79 Å². The maximum absolute atomic E-state index is 12.9. The zero-order valence-electron chi connectivity index (χ0n) is 11.9. The quantitative estimate of drug-likeness (QED) is 0.527. The lowest BCUT2D eigenvalue weighted by Gasteiger charge is -2.27. The van der Waals surface area contributed by atoms with Crippen LogP contribution in [-0.4, -0.2) is 5.97 Å². The van der Waals surface area contributed by atoms with Crippen molar-refractivity contribution in [2.45, 2.75) is 5.41 Å². The van der Waals surface area contributed by atoms with E-state index in [0.29, 0.717) is 5.75 Å². The number of para-hydroxylation sites is 1. The highest BCUT2D eigenvalue weighted by atomic mass is 16.5. The second-order valence-electron chi connectivity index (χ2n) is 5.37. The molecule has 0 radical (unpaired) electrons. The predicted octanol–water partition coefficient (Wildman–Crippen LogP) is 3.94. The molecule has 106 valence electrons. The van der Waals surface area contributed by atoms with Crippen molar-refractivity contribution in [3.63, 3.8) is 0 Å². The average Bonchev–Trinajstić information content (AvgIpc) is 2.89. The number of rotatable bonds is 2. The number of fused-ring (bicyclic) bond motifs is 1. The van der Waals surface area contributed by atoms with Crippen molar-refractivity contribution in [2.75, 3.05) is 0 Å². The van der Waals surface area contributed by atoms with Crippen LogP contribution in [-0.2, 0) is 10.2 Å². The molecule has 3 aromatic rings. The molecular weight excluding hydrogens is 272 g/mol. The van der Waals surface area contributed by atoms with Gasteiger partial charge in [-0.05, 0) is 17.2 Å². The lowest BCUT2D eigenvalue weighted by molar-refractivity contribution is -0.135. The molecule has 4 rings (SSSR count). The molecule has 0 aliphatic carbocycles. The number of carbonyl (C=O) groups excluding carboxylic acids is 1. The van der Waals surface area contributed by atoms with Gasteiger partial charge in [0.25, 0.3) is 0 Å². The zero-order chi connectivity index (χ0) is 15.0. The molecule has 0 amide bonds. The highest BCUT2D eigenvalue weighted by Crippen LogP contribution is 2.48. The van der Waals surface area contributed by atoms with E-state index in [4.69, 9.17) is 4.74 Å². The van der Waals surface area contributed by atoms with Gasteiger partial charge >= 0.3 is 5.97 Å². The van der Waals surface area contributed by atoms with E-state index >= 15 is 0 Å². The predicted molar refractivity (Wildman–Crippen MR) is 84.8 cm³/mol. The van der Waals surface area contributed by atoms with Gasteiger partial charge in [0, 0.05) is 5.56 Å². The highest BCUT2D eigenvalue weighted by molar-refractivity contribution is 5.98. The fraction of sp³-hybridized carbons (Fsp3) is 0.0500. The second-order valence-corrected chi connectivity index (χ2v) is 5.37. The van der Waals surface area contributed by atoms with Crippen LogP contribution in [0, 0.1) is 0 Å². The van der Waals surface area contributed by atoms with Gasteiger partial charge in [-0.1, -0.05) is 78.9 Å². The van der Waals surface area contributed by atoms with E-state index in [1.807, 2.05) is 84.9 Å². The van der Waals surface area contributed by atoms with E-state index in [9.17, 15) is 4.79 Å². The summed E-state index contributed by atoms with van der Waals surface area (Å²) in [7, 11) is 0. The number of ether oxygens (including phenoxy) is 1. The monoisotopic (exact) mass is 286 g/mol. The first-order valence-corrected chi connectivity index (χ1v) is 7.26. The summed E-state index contributed by atoms with van der Waals surface area (Å²) in [6, 6.07) is 27.3. The maximum Gasteiger partial charge on any atom is 0.331 e. The third kappa shape index (κ3) is 1.64. The average molecular weight is 286 g/mol.